The third kappa shape index (κ3) is 3.87. The number of nitrogens with one attached hydrogen (secondary N) is 1. The van der Waals surface area contributed by atoms with E-state index < -0.39 is 0 Å². The van der Waals surface area contributed by atoms with Gasteiger partial charge in [0.25, 0.3) is 0 Å². The van der Waals surface area contributed by atoms with E-state index in [4.69, 9.17) is 0 Å². The first-order chi connectivity index (χ1) is 10.2. The molecule has 3 unspecified atom stereocenters. The Morgan fingerprint density at radius 3 is 2.48 bits per heavy atom. The third-order valence-electron chi connectivity index (χ3n) is 5.21. The first kappa shape index (κ1) is 16.5. The second kappa shape index (κ2) is 7.95. The van der Waals surface area contributed by atoms with Crippen molar-refractivity contribution < 1.29 is 0 Å². The minimum Gasteiger partial charge on any atom is -0.312 e. The van der Waals surface area contributed by atoms with E-state index in [2.05, 4.69) is 62.3 Å². The van der Waals surface area contributed by atoms with E-state index in [0.29, 0.717) is 12.1 Å². The van der Waals surface area contributed by atoms with E-state index in [-0.39, 0.29) is 0 Å². The second-order valence-corrected chi connectivity index (χ2v) is 6.40. The van der Waals surface area contributed by atoms with Gasteiger partial charge in [0.05, 0.1) is 0 Å². The molecule has 1 aromatic rings. The van der Waals surface area contributed by atoms with Gasteiger partial charge >= 0.3 is 0 Å². The molecule has 2 heteroatoms. The van der Waals surface area contributed by atoms with E-state index >= 15 is 0 Å². The fourth-order valence-electron chi connectivity index (χ4n) is 3.84. The fraction of sp³-hybridized carbons (Fsp3) is 0.684. The topological polar surface area (TPSA) is 15.3 Å². The van der Waals surface area contributed by atoms with E-state index in [1.54, 1.807) is 0 Å². The molecule has 0 aliphatic carbocycles. The van der Waals surface area contributed by atoms with E-state index in [1.807, 2.05) is 0 Å². The summed E-state index contributed by atoms with van der Waals surface area (Å²) in [4.78, 5) is 2.73. The highest BCUT2D eigenvalue weighted by Crippen LogP contribution is 2.28. The number of likely N-dealkylation sites (tertiary alicyclic amines) is 1. The van der Waals surface area contributed by atoms with Gasteiger partial charge in [-0.05, 0) is 57.3 Å². The average Bonchev–Trinajstić information content (AvgIpc) is 2.56. The summed E-state index contributed by atoms with van der Waals surface area (Å²) in [5, 5.41) is 3.56. The molecule has 1 aromatic carbocycles. The van der Waals surface area contributed by atoms with Crippen molar-refractivity contribution in [3.8, 4) is 0 Å². The normalized spacial score (nSPS) is 23.0. The van der Waals surface area contributed by atoms with Crippen LogP contribution >= 0.6 is 0 Å². The molecule has 0 aromatic heterocycles. The molecule has 1 saturated heterocycles. The molecule has 118 valence electrons. The first-order valence-electron chi connectivity index (χ1n) is 8.73. The molecule has 1 aliphatic rings. The van der Waals surface area contributed by atoms with Crippen LogP contribution in [0, 0.1) is 0 Å². The highest BCUT2D eigenvalue weighted by molar-refractivity contribution is 5.26. The van der Waals surface area contributed by atoms with Gasteiger partial charge in [0.2, 0.25) is 0 Å². The summed E-state index contributed by atoms with van der Waals surface area (Å²) >= 11 is 0. The summed E-state index contributed by atoms with van der Waals surface area (Å²) in [7, 11) is 2.10. The van der Waals surface area contributed by atoms with Crippen molar-refractivity contribution in [2.45, 2.75) is 71.0 Å². The summed E-state index contributed by atoms with van der Waals surface area (Å²) in [6.45, 7) is 8.20. The summed E-state index contributed by atoms with van der Waals surface area (Å²) in [5.41, 5.74) is 2.84. The zero-order valence-corrected chi connectivity index (χ0v) is 14.2. The van der Waals surface area contributed by atoms with Crippen LogP contribution in [0.4, 0.5) is 0 Å². The Morgan fingerprint density at radius 1 is 1.19 bits per heavy atom. The van der Waals surface area contributed by atoms with E-state index in [0.717, 1.165) is 12.5 Å². The molecule has 0 spiro atoms. The predicted octanol–water partition coefficient (Wildman–Crippen LogP) is 4.16. The SMILES string of the molecule is CCc1ccc(C(NC)C(C)N2CCCCC2CC)cc1. The van der Waals surface area contributed by atoms with Crippen molar-refractivity contribution in [2.24, 2.45) is 0 Å². The number of benzene rings is 1. The number of aryl methyl sites for hydroxylation is 1. The highest BCUT2D eigenvalue weighted by atomic mass is 15.2. The lowest BCUT2D eigenvalue weighted by Crippen LogP contribution is -2.49. The maximum Gasteiger partial charge on any atom is 0.0473 e. The molecule has 1 fully saturated rings. The summed E-state index contributed by atoms with van der Waals surface area (Å²) in [6.07, 6.45) is 6.51. The van der Waals surface area contributed by atoms with Gasteiger partial charge in [-0.25, -0.2) is 0 Å². The molecule has 0 bridgehead atoms. The van der Waals surface area contributed by atoms with Crippen LogP contribution in [0.2, 0.25) is 0 Å². The zero-order chi connectivity index (χ0) is 15.2. The Hall–Kier alpha value is -0.860. The van der Waals surface area contributed by atoms with Gasteiger partial charge in [-0.15, -0.1) is 0 Å². The molecule has 1 heterocycles. The molecule has 2 rings (SSSR count). The minimum absolute atomic E-state index is 0.419. The van der Waals surface area contributed by atoms with Crippen LogP contribution in [0.3, 0.4) is 0 Å². The molecule has 0 amide bonds. The number of rotatable bonds is 6. The van der Waals surface area contributed by atoms with Crippen LogP contribution in [-0.2, 0) is 6.42 Å². The summed E-state index contributed by atoms with van der Waals surface area (Å²) in [6, 6.07) is 10.9. The molecule has 21 heavy (non-hydrogen) atoms. The van der Waals surface area contributed by atoms with Crippen molar-refractivity contribution in [3.63, 3.8) is 0 Å². The summed E-state index contributed by atoms with van der Waals surface area (Å²) < 4.78 is 0. The number of piperidine rings is 1. The van der Waals surface area contributed by atoms with Gasteiger partial charge in [-0.3, -0.25) is 4.90 Å². The maximum atomic E-state index is 3.56. The number of hydrogen-bond donors (Lipinski definition) is 1. The Labute approximate surface area is 130 Å². The Kier molecular flexibility index (Phi) is 6.25. The minimum atomic E-state index is 0.419. The predicted molar refractivity (Wildman–Crippen MR) is 91.7 cm³/mol. The van der Waals surface area contributed by atoms with Crippen LogP contribution < -0.4 is 5.32 Å². The van der Waals surface area contributed by atoms with Crippen molar-refractivity contribution in [1.29, 1.82) is 0 Å². The van der Waals surface area contributed by atoms with Crippen LogP contribution in [0.5, 0.6) is 0 Å². The lowest BCUT2D eigenvalue weighted by molar-refractivity contribution is 0.0801. The van der Waals surface area contributed by atoms with Crippen molar-refractivity contribution in [3.05, 3.63) is 35.4 Å². The van der Waals surface area contributed by atoms with Crippen LogP contribution in [-0.4, -0.2) is 30.6 Å². The molecule has 1 N–H and O–H groups in total. The van der Waals surface area contributed by atoms with Gasteiger partial charge < -0.3 is 5.32 Å². The fourth-order valence-corrected chi connectivity index (χ4v) is 3.84. The molecule has 0 saturated carbocycles. The van der Waals surface area contributed by atoms with Crippen LogP contribution in [0.15, 0.2) is 24.3 Å². The third-order valence-corrected chi connectivity index (χ3v) is 5.21. The smallest absolute Gasteiger partial charge is 0.0473 e. The average molecular weight is 288 g/mol. The quantitative estimate of drug-likeness (QED) is 0.845. The number of hydrogen-bond acceptors (Lipinski definition) is 2. The molecular weight excluding hydrogens is 256 g/mol. The highest BCUT2D eigenvalue weighted by Gasteiger charge is 2.30. The van der Waals surface area contributed by atoms with Gasteiger partial charge in [-0.2, -0.15) is 0 Å². The maximum absolute atomic E-state index is 3.56. The summed E-state index contributed by atoms with van der Waals surface area (Å²) in [5.74, 6) is 0. The molecular formula is C19H32N2. The molecule has 0 radical (unpaired) electrons. The largest absolute Gasteiger partial charge is 0.312 e. The van der Waals surface area contributed by atoms with Crippen molar-refractivity contribution in [1.82, 2.24) is 10.2 Å². The monoisotopic (exact) mass is 288 g/mol. The molecule has 1 aliphatic heterocycles. The number of likely N-dealkylation sites (N-methyl/N-ethyl adjacent to an activating group) is 1. The van der Waals surface area contributed by atoms with E-state index in [1.165, 1.54) is 43.4 Å². The van der Waals surface area contributed by atoms with Crippen molar-refractivity contribution >= 4 is 0 Å². The molecule has 2 nitrogen and oxygen atoms in total. The lowest BCUT2D eigenvalue weighted by atomic mass is 9.92. The van der Waals surface area contributed by atoms with Crippen molar-refractivity contribution in [2.75, 3.05) is 13.6 Å². The molecule has 3 atom stereocenters. The Morgan fingerprint density at radius 2 is 1.90 bits per heavy atom. The standard InChI is InChI=1S/C19H32N2/c1-5-16-10-12-17(13-11-16)19(20-4)15(3)21-14-8-7-9-18(21)6-2/h10-13,15,18-20H,5-9,14H2,1-4H3. The van der Waals surface area contributed by atoms with Crippen LogP contribution in [0.1, 0.15) is 63.6 Å². The van der Waals surface area contributed by atoms with Gasteiger partial charge in [0, 0.05) is 18.1 Å². The van der Waals surface area contributed by atoms with Crippen LogP contribution in [0.25, 0.3) is 0 Å². The first-order valence-corrected chi connectivity index (χ1v) is 8.73. The van der Waals surface area contributed by atoms with Gasteiger partial charge in [0.15, 0.2) is 0 Å². The van der Waals surface area contributed by atoms with Gasteiger partial charge in [0.1, 0.15) is 0 Å². The van der Waals surface area contributed by atoms with Gasteiger partial charge in [-0.1, -0.05) is 44.5 Å². The Balaban J connectivity index is 2.14. The second-order valence-electron chi connectivity index (χ2n) is 6.40. The number of nitrogens with zero attached hydrogens (tertiary/aromatic N) is 1. The van der Waals surface area contributed by atoms with E-state index in [9.17, 15) is 0 Å². The Bertz CT molecular complexity index is 412. The lowest BCUT2D eigenvalue weighted by Gasteiger charge is -2.42. The zero-order valence-electron chi connectivity index (χ0n) is 14.2.